The van der Waals surface area contributed by atoms with Crippen molar-refractivity contribution in [2.24, 2.45) is 0 Å². The number of hydrogen-bond donors (Lipinski definition) is 0. The van der Waals surface area contributed by atoms with Crippen LogP contribution in [0.25, 0.3) is 0 Å². The Balaban J connectivity index is 0.00000123. The minimum absolute atomic E-state index is 0.569. The quantitative estimate of drug-likeness (QED) is 0.100. The van der Waals surface area contributed by atoms with E-state index in [9.17, 15) is 0 Å². The zero-order valence-electron chi connectivity index (χ0n) is 24.5. The maximum absolute atomic E-state index is 4.70. The second-order valence-corrected chi connectivity index (χ2v) is 20.6. The van der Waals surface area contributed by atoms with Gasteiger partial charge in [-0.05, 0) is 0 Å². The third-order valence-corrected chi connectivity index (χ3v) is 18.8. The van der Waals surface area contributed by atoms with E-state index in [1.165, 1.54) is 31.8 Å². The summed E-state index contributed by atoms with van der Waals surface area (Å²) >= 11 is 0.569. The topological polar surface area (TPSA) is 0 Å². The van der Waals surface area contributed by atoms with E-state index in [-0.39, 0.29) is 0 Å². The molecule has 0 bridgehead atoms. The van der Waals surface area contributed by atoms with Gasteiger partial charge in [-0.3, -0.25) is 0 Å². The van der Waals surface area contributed by atoms with Gasteiger partial charge in [-0.2, -0.15) is 0 Å². The molecule has 44 heavy (non-hydrogen) atoms. The fourth-order valence-corrected chi connectivity index (χ4v) is 16.9. The molecule has 0 aliphatic heterocycles. The summed E-state index contributed by atoms with van der Waals surface area (Å²) in [4.78, 5) is 0. The predicted molar refractivity (Wildman–Crippen MR) is 199 cm³/mol. The first-order valence-electron chi connectivity index (χ1n) is 14.9. The van der Waals surface area contributed by atoms with Crippen LogP contribution >= 0.6 is 34.9 Å². The second-order valence-electron chi connectivity index (χ2n) is 10.9. The predicted octanol–water partition coefficient (Wildman–Crippen LogP) is 8.21. The first kappa shape index (κ1) is 32.6. The number of halogens is 2. The molecule has 5 heteroatoms. The van der Waals surface area contributed by atoms with Crippen molar-refractivity contribution in [1.82, 2.24) is 0 Å². The fraction of sp³-hybridized carbons (Fsp3) is 0.0769. The van der Waals surface area contributed by atoms with Gasteiger partial charge in [0.1, 0.15) is 0 Å². The molecule has 0 saturated heterocycles. The van der Waals surface area contributed by atoms with Crippen LogP contribution in [0.3, 0.4) is 0 Å². The third kappa shape index (κ3) is 7.21. The van der Waals surface area contributed by atoms with Gasteiger partial charge >= 0.3 is 280 Å². The van der Waals surface area contributed by atoms with E-state index in [2.05, 4.69) is 182 Å². The molecular weight excluding hydrogens is 660 g/mol. The summed E-state index contributed by atoms with van der Waals surface area (Å²) in [6, 6.07) is 68.1. The van der Waals surface area contributed by atoms with Crippen LogP contribution < -0.4 is 31.8 Å². The molecule has 0 aromatic heterocycles. The fourth-order valence-electron chi connectivity index (χ4n) is 6.82. The molecule has 6 aromatic rings. The van der Waals surface area contributed by atoms with E-state index in [1.807, 2.05) is 0 Å². The minimum atomic E-state index is -2.30. The standard InChI is InChI=1S/C39H38P2.2ClH.Ni/c1-7-20-34(21-8-1)40(35-22-9-2-10-23-35,36-24-11-3-12-25-36)32-19-33-41(37-26-13-4-14-27-37,38-28-15-5-16-29-38)39-30-17-6-18-31-39;;;/h1-18,20-31,40-41H,19,32-33H2;2*1H;/q;;;+2/p-2. The van der Waals surface area contributed by atoms with Gasteiger partial charge in [0.15, 0.2) is 0 Å². The van der Waals surface area contributed by atoms with Gasteiger partial charge in [0, 0.05) is 0 Å². The Hall–Kier alpha value is -2.75. The van der Waals surface area contributed by atoms with Crippen LogP contribution in [0.15, 0.2) is 182 Å². The molecule has 0 aliphatic rings. The van der Waals surface area contributed by atoms with Gasteiger partial charge in [-0.15, -0.1) is 0 Å². The first-order chi connectivity index (χ1) is 21.8. The van der Waals surface area contributed by atoms with E-state index in [0.29, 0.717) is 12.7 Å². The molecular formula is C39H38Cl2NiP2. The van der Waals surface area contributed by atoms with Gasteiger partial charge in [-0.1, -0.05) is 0 Å². The molecule has 0 radical (unpaired) electrons. The molecule has 0 unspecified atom stereocenters. The summed E-state index contributed by atoms with van der Waals surface area (Å²) in [5, 5.41) is 8.94. The monoisotopic (exact) mass is 696 g/mol. The van der Waals surface area contributed by atoms with E-state index in [0.717, 1.165) is 18.7 Å². The Morgan fingerprint density at radius 2 is 0.477 bits per heavy atom. The molecule has 0 nitrogen and oxygen atoms in total. The van der Waals surface area contributed by atoms with Crippen LogP contribution in [0, 0.1) is 0 Å². The van der Waals surface area contributed by atoms with Gasteiger partial charge in [0.05, 0.1) is 0 Å². The molecule has 0 N–H and O–H groups in total. The van der Waals surface area contributed by atoms with Crippen molar-refractivity contribution in [3.05, 3.63) is 182 Å². The van der Waals surface area contributed by atoms with Crippen LogP contribution in [0.2, 0.25) is 0 Å². The van der Waals surface area contributed by atoms with E-state index in [4.69, 9.17) is 20.4 Å². The molecule has 228 valence electrons. The van der Waals surface area contributed by atoms with E-state index >= 15 is 0 Å². The van der Waals surface area contributed by atoms with Crippen LogP contribution in [-0.4, -0.2) is 12.3 Å². The van der Waals surface area contributed by atoms with Crippen molar-refractivity contribution in [2.45, 2.75) is 6.42 Å². The summed E-state index contributed by atoms with van der Waals surface area (Å²) in [5.41, 5.74) is 0. The van der Waals surface area contributed by atoms with Crippen LogP contribution in [0.5, 0.6) is 0 Å². The molecule has 0 aliphatic carbocycles. The Morgan fingerprint density at radius 1 is 0.318 bits per heavy atom. The normalized spacial score (nSPS) is 12.1. The van der Waals surface area contributed by atoms with Crippen molar-refractivity contribution in [3.63, 3.8) is 0 Å². The molecule has 0 saturated carbocycles. The van der Waals surface area contributed by atoms with Gasteiger partial charge < -0.3 is 0 Å². The van der Waals surface area contributed by atoms with Crippen LogP contribution in [0.1, 0.15) is 6.42 Å². The average molecular weight is 698 g/mol. The van der Waals surface area contributed by atoms with Crippen molar-refractivity contribution < 1.29 is 12.7 Å². The summed E-state index contributed by atoms with van der Waals surface area (Å²) in [6.07, 6.45) is 3.47. The summed E-state index contributed by atoms with van der Waals surface area (Å²) in [6.45, 7) is 0. The molecule has 6 rings (SSSR count). The number of rotatable bonds is 10. The molecule has 0 spiro atoms. The van der Waals surface area contributed by atoms with Gasteiger partial charge in [0.25, 0.3) is 0 Å². The van der Waals surface area contributed by atoms with Crippen LogP contribution in [0.4, 0.5) is 0 Å². The van der Waals surface area contributed by atoms with Gasteiger partial charge in [-0.25, -0.2) is 0 Å². The first-order valence-corrected chi connectivity index (χ1v) is 22.0. The molecule has 0 fully saturated rings. The zero-order chi connectivity index (χ0) is 30.5. The molecule has 6 aromatic carbocycles. The Kier molecular flexibility index (Phi) is 12.3. The molecule has 0 heterocycles. The molecule has 0 amide bonds. The Morgan fingerprint density at radius 3 is 0.636 bits per heavy atom. The van der Waals surface area contributed by atoms with Crippen molar-refractivity contribution in [1.29, 1.82) is 0 Å². The number of benzene rings is 6. The second kappa shape index (κ2) is 16.5. The van der Waals surface area contributed by atoms with E-state index in [1.54, 1.807) is 0 Å². The Labute approximate surface area is 278 Å². The van der Waals surface area contributed by atoms with Crippen molar-refractivity contribution in [3.8, 4) is 0 Å². The Bertz CT molecular complexity index is 1340. The summed E-state index contributed by atoms with van der Waals surface area (Å²) in [5.74, 6) is 0. The maximum atomic E-state index is 4.70. The van der Waals surface area contributed by atoms with Crippen molar-refractivity contribution in [2.75, 3.05) is 12.3 Å². The number of hydrogen-bond acceptors (Lipinski definition) is 0. The summed E-state index contributed by atoms with van der Waals surface area (Å²) in [7, 11) is 4.79. The van der Waals surface area contributed by atoms with Crippen LogP contribution in [-0.2, 0) is 12.7 Å². The third-order valence-electron chi connectivity index (χ3n) is 8.70. The van der Waals surface area contributed by atoms with Gasteiger partial charge in [0.2, 0.25) is 0 Å². The molecule has 0 atom stereocenters. The average Bonchev–Trinajstić information content (AvgIpc) is 3.11. The van der Waals surface area contributed by atoms with Crippen molar-refractivity contribution >= 4 is 66.7 Å². The summed E-state index contributed by atoms with van der Waals surface area (Å²) < 4.78 is 0. The SMILES string of the molecule is [Cl][Ni][Cl].c1ccc([PH](CCC[PH](c2ccccc2)(c2ccccc2)c2ccccc2)(c2ccccc2)c2ccccc2)cc1. The zero-order valence-corrected chi connectivity index (χ0v) is 29.0. The van der Waals surface area contributed by atoms with E-state index < -0.39 is 14.5 Å².